The van der Waals surface area contributed by atoms with E-state index in [1.165, 1.54) is 38.8 Å². The van der Waals surface area contributed by atoms with Crippen LogP contribution in [0.2, 0.25) is 0 Å². The van der Waals surface area contributed by atoms with Gasteiger partial charge in [-0.1, -0.05) is 12.8 Å². The van der Waals surface area contributed by atoms with Crippen LogP contribution in [0.25, 0.3) is 0 Å². The van der Waals surface area contributed by atoms with Crippen LogP contribution >= 0.6 is 0 Å². The molecule has 2 aliphatic rings. The molecule has 2 fully saturated rings. The van der Waals surface area contributed by atoms with E-state index in [0.717, 1.165) is 12.1 Å². The molecule has 0 aromatic rings. The average Bonchev–Trinajstić information content (AvgIpc) is 2.34. The Hall–Kier alpha value is -0.0800. The summed E-state index contributed by atoms with van der Waals surface area (Å²) in [5.74, 6) is 0. The Morgan fingerprint density at radius 3 is 1.76 bits per heavy atom. The molecule has 0 radical (unpaired) electrons. The van der Waals surface area contributed by atoms with Gasteiger partial charge in [-0.25, -0.2) is 0 Å². The van der Waals surface area contributed by atoms with Gasteiger partial charge in [0.15, 0.2) is 0 Å². The van der Waals surface area contributed by atoms with E-state index in [-0.39, 0.29) is 0 Å². The molecule has 2 nitrogen and oxygen atoms in total. The molecule has 0 saturated carbocycles. The first-order valence-electron chi connectivity index (χ1n) is 7.42. The van der Waals surface area contributed by atoms with E-state index in [2.05, 4.69) is 44.4 Å². The van der Waals surface area contributed by atoms with Gasteiger partial charge < -0.3 is 0 Å². The molecule has 0 amide bonds. The Labute approximate surface area is 107 Å². The van der Waals surface area contributed by atoms with Crippen LogP contribution < -0.4 is 0 Å². The standard InChI is InChI=1S/C15H30N2/c1-12(2)16-10-13-8-6-7-9-14(11-16)17(13)15(3,4)5/h12-14H,6-11H2,1-5H3. The number of hydrogen-bond acceptors (Lipinski definition) is 2. The predicted octanol–water partition coefficient (Wildman–Crippen LogP) is 3.12. The number of fused-ring (bicyclic) bond motifs is 2. The lowest BCUT2D eigenvalue weighted by molar-refractivity contribution is -0.0424. The van der Waals surface area contributed by atoms with Gasteiger partial charge in [0.2, 0.25) is 0 Å². The molecule has 2 saturated heterocycles. The van der Waals surface area contributed by atoms with Crippen LogP contribution in [0.1, 0.15) is 60.3 Å². The molecule has 0 aromatic carbocycles. The monoisotopic (exact) mass is 238 g/mol. The van der Waals surface area contributed by atoms with E-state index in [4.69, 9.17) is 0 Å². The first kappa shape index (κ1) is 13.4. The molecule has 2 aliphatic heterocycles. The van der Waals surface area contributed by atoms with Crippen LogP contribution in [-0.4, -0.2) is 46.6 Å². The Morgan fingerprint density at radius 2 is 1.41 bits per heavy atom. The van der Waals surface area contributed by atoms with Crippen molar-refractivity contribution in [3.8, 4) is 0 Å². The van der Waals surface area contributed by atoms with Gasteiger partial charge in [0.1, 0.15) is 0 Å². The number of rotatable bonds is 1. The summed E-state index contributed by atoms with van der Waals surface area (Å²) in [6, 6.07) is 2.29. The van der Waals surface area contributed by atoms with Crippen molar-refractivity contribution in [3.05, 3.63) is 0 Å². The molecule has 17 heavy (non-hydrogen) atoms. The highest BCUT2D eigenvalue weighted by molar-refractivity contribution is 4.97. The smallest absolute Gasteiger partial charge is 0.0231 e. The average molecular weight is 238 g/mol. The van der Waals surface area contributed by atoms with Gasteiger partial charge in [-0.2, -0.15) is 0 Å². The molecule has 2 atom stereocenters. The summed E-state index contributed by atoms with van der Waals surface area (Å²) in [5.41, 5.74) is 0.336. The van der Waals surface area contributed by atoms with Gasteiger partial charge in [-0.15, -0.1) is 0 Å². The summed E-state index contributed by atoms with van der Waals surface area (Å²) in [5, 5.41) is 0. The fourth-order valence-corrected chi connectivity index (χ4v) is 3.83. The Bertz CT molecular complexity index is 238. The Morgan fingerprint density at radius 1 is 0.941 bits per heavy atom. The molecule has 0 spiro atoms. The van der Waals surface area contributed by atoms with Gasteiger partial charge in [0.05, 0.1) is 0 Å². The topological polar surface area (TPSA) is 6.48 Å². The van der Waals surface area contributed by atoms with Crippen molar-refractivity contribution < 1.29 is 0 Å². The predicted molar refractivity (Wildman–Crippen MR) is 74.3 cm³/mol. The minimum Gasteiger partial charge on any atom is -0.298 e. The van der Waals surface area contributed by atoms with Gasteiger partial charge >= 0.3 is 0 Å². The third-order valence-electron chi connectivity index (χ3n) is 4.51. The van der Waals surface area contributed by atoms with Crippen molar-refractivity contribution in [1.82, 2.24) is 9.80 Å². The normalized spacial score (nSPS) is 32.8. The molecule has 2 heterocycles. The number of piperazine rings is 1. The first-order chi connectivity index (χ1) is 7.89. The van der Waals surface area contributed by atoms with E-state index in [0.29, 0.717) is 11.6 Å². The third kappa shape index (κ3) is 2.85. The van der Waals surface area contributed by atoms with Crippen LogP contribution in [0.5, 0.6) is 0 Å². The highest BCUT2D eigenvalue weighted by atomic mass is 15.3. The molecular weight excluding hydrogens is 208 g/mol. The fourth-order valence-electron chi connectivity index (χ4n) is 3.83. The van der Waals surface area contributed by atoms with Crippen molar-refractivity contribution in [1.29, 1.82) is 0 Å². The zero-order valence-corrected chi connectivity index (χ0v) is 12.4. The minimum absolute atomic E-state index is 0.336. The van der Waals surface area contributed by atoms with Crippen molar-refractivity contribution in [3.63, 3.8) is 0 Å². The molecule has 2 unspecified atom stereocenters. The van der Waals surface area contributed by atoms with Crippen molar-refractivity contribution in [2.24, 2.45) is 0 Å². The van der Waals surface area contributed by atoms with Crippen LogP contribution in [-0.2, 0) is 0 Å². The summed E-state index contributed by atoms with van der Waals surface area (Å²) in [4.78, 5) is 5.53. The van der Waals surface area contributed by atoms with Crippen molar-refractivity contribution in [2.45, 2.75) is 84.0 Å². The van der Waals surface area contributed by atoms with Crippen LogP contribution in [0.4, 0.5) is 0 Å². The van der Waals surface area contributed by atoms with Crippen LogP contribution in [0, 0.1) is 0 Å². The number of nitrogens with zero attached hydrogens (tertiary/aromatic N) is 2. The largest absolute Gasteiger partial charge is 0.298 e. The molecule has 100 valence electrons. The molecule has 0 aromatic heterocycles. The molecule has 0 aliphatic carbocycles. The highest BCUT2D eigenvalue weighted by Gasteiger charge is 2.41. The Kier molecular flexibility index (Phi) is 3.84. The molecular formula is C15H30N2. The quantitative estimate of drug-likeness (QED) is 0.692. The second-order valence-corrected chi connectivity index (χ2v) is 7.22. The lowest BCUT2D eigenvalue weighted by Crippen LogP contribution is -2.64. The maximum atomic E-state index is 2.83. The van der Waals surface area contributed by atoms with E-state index in [1.807, 2.05) is 0 Å². The third-order valence-corrected chi connectivity index (χ3v) is 4.51. The van der Waals surface area contributed by atoms with Crippen molar-refractivity contribution in [2.75, 3.05) is 13.1 Å². The summed E-state index contributed by atoms with van der Waals surface area (Å²) < 4.78 is 0. The lowest BCUT2D eigenvalue weighted by Gasteiger charge is -2.53. The van der Waals surface area contributed by atoms with Crippen molar-refractivity contribution >= 4 is 0 Å². The second-order valence-electron chi connectivity index (χ2n) is 7.22. The van der Waals surface area contributed by atoms with E-state index in [9.17, 15) is 0 Å². The lowest BCUT2D eigenvalue weighted by atomic mass is 9.94. The second kappa shape index (κ2) is 4.89. The maximum absolute atomic E-state index is 2.83. The SMILES string of the molecule is CC(C)N1CC2CCCCC(C1)N2C(C)(C)C. The highest BCUT2D eigenvalue weighted by Crippen LogP contribution is 2.33. The van der Waals surface area contributed by atoms with Crippen LogP contribution in [0.3, 0.4) is 0 Å². The summed E-state index contributed by atoms with van der Waals surface area (Å²) in [6.45, 7) is 14.4. The van der Waals surface area contributed by atoms with E-state index in [1.54, 1.807) is 0 Å². The van der Waals surface area contributed by atoms with Gasteiger partial charge in [-0.3, -0.25) is 9.80 Å². The molecule has 2 rings (SSSR count). The summed E-state index contributed by atoms with van der Waals surface area (Å²) in [6.07, 6.45) is 5.66. The Balaban J connectivity index is 2.19. The van der Waals surface area contributed by atoms with E-state index >= 15 is 0 Å². The molecule has 2 heteroatoms. The van der Waals surface area contributed by atoms with E-state index < -0.39 is 0 Å². The zero-order chi connectivity index (χ0) is 12.6. The summed E-state index contributed by atoms with van der Waals surface area (Å²) in [7, 11) is 0. The maximum Gasteiger partial charge on any atom is 0.0231 e. The molecule has 0 N–H and O–H groups in total. The van der Waals surface area contributed by atoms with Gasteiger partial charge in [-0.05, 0) is 47.5 Å². The number of hydrogen-bond donors (Lipinski definition) is 0. The zero-order valence-electron chi connectivity index (χ0n) is 12.4. The fraction of sp³-hybridized carbons (Fsp3) is 1.00. The van der Waals surface area contributed by atoms with Crippen LogP contribution in [0.15, 0.2) is 0 Å². The first-order valence-corrected chi connectivity index (χ1v) is 7.42. The molecule has 2 bridgehead atoms. The van der Waals surface area contributed by atoms with Gasteiger partial charge in [0.25, 0.3) is 0 Å². The van der Waals surface area contributed by atoms with Gasteiger partial charge in [0, 0.05) is 36.8 Å². The summed E-state index contributed by atoms with van der Waals surface area (Å²) >= 11 is 0. The minimum atomic E-state index is 0.336.